The zero-order valence-corrected chi connectivity index (χ0v) is 19.3. The molecule has 0 spiro atoms. The van der Waals surface area contributed by atoms with Crippen molar-refractivity contribution in [2.45, 2.75) is 13.8 Å². The standard InChI is InChI=1S/C21H26FN7S.CH3F/c1-4-5-6-18(11-14(2)22)29(25)21(27-24)19-12-16(13-26-20(19)23)15-7-9-17(10-8-15)28-30-3;1-2/h4-13,28H,24-25H2,1-3H3,(H2,23,26);1H3/b5-4-,14-11+,18-6+,27-21-;. The quantitative estimate of drug-likeness (QED) is 0.117. The summed E-state index contributed by atoms with van der Waals surface area (Å²) in [4.78, 5) is 4.26. The number of benzene rings is 1. The van der Waals surface area contributed by atoms with Crippen LogP contribution in [-0.2, 0) is 0 Å². The normalized spacial score (nSPS) is 12.4. The molecule has 2 rings (SSSR count). The van der Waals surface area contributed by atoms with Gasteiger partial charge < -0.3 is 16.3 Å². The number of aromatic nitrogens is 1. The summed E-state index contributed by atoms with van der Waals surface area (Å²) in [7, 11) is 0.500. The van der Waals surface area contributed by atoms with Crippen LogP contribution in [0.2, 0.25) is 0 Å². The Morgan fingerprint density at radius 3 is 2.41 bits per heavy atom. The fourth-order valence-corrected chi connectivity index (χ4v) is 3.01. The van der Waals surface area contributed by atoms with E-state index in [0.29, 0.717) is 18.4 Å². The van der Waals surface area contributed by atoms with E-state index in [1.54, 1.807) is 30.5 Å². The maximum Gasteiger partial charge on any atom is 0.177 e. The van der Waals surface area contributed by atoms with Crippen LogP contribution in [0.4, 0.5) is 20.3 Å². The molecule has 1 aromatic carbocycles. The highest BCUT2D eigenvalue weighted by Gasteiger charge is 2.18. The highest BCUT2D eigenvalue weighted by Crippen LogP contribution is 2.25. The highest BCUT2D eigenvalue weighted by molar-refractivity contribution is 7.99. The summed E-state index contributed by atoms with van der Waals surface area (Å²) in [6.07, 6.45) is 10.0. The van der Waals surface area contributed by atoms with Gasteiger partial charge in [-0.15, -0.1) is 0 Å². The Bertz CT molecular complexity index is 982. The molecule has 0 bridgehead atoms. The third kappa shape index (κ3) is 7.40. The van der Waals surface area contributed by atoms with Crippen LogP contribution in [0, 0.1) is 0 Å². The highest BCUT2D eigenvalue weighted by atomic mass is 32.2. The topological polar surface area (TPSA) is 119 Å². The van der Waals surface area contributed by atoms with Gasteiger partial charge in [0.2, 0.25) is 0 Å². The van der Waals surface area contributed by atoms with Gasteiger partial charge in [0.25, 0.3) is 0 Å². The van der Waals surface area contributed by atoms with Gasteiger partial charge in [-0.3, -0.25) is 9.40 Å². The number of hydrazine groups is 1. The van der Waals surface area contributed by atoms with E-state index < -0.39 is 5.83 Å². The molecule has 0 saturated heterocycles. The van der Waals surface area contributed by atoms with Gasteiger partial charge >= 0.3 is 0 Å². The lowest BCUT2D eigenvalue weighted by Gasteiger charge is -2.22. The summed E-state index contributed by atoms with van der Waals surface area (Å²) in [6.45, 7) is 3.16. The molecule has 7 N–H and O–H groups in total. The molecule has 0 aliphatic rings. The summed E-state index contributed by atoms with van der Waals surface area (Å²) < 4.78 is 26.2. The van der Waals surface area contributed by atoms with Crippen LogP contribution in [0.1, 0.15) is 19.4 Å². The van der Waals surface area contributed by atoms with E-state index >= 15 is 0 Å². The number of hydrogen-bond donors (Lipinski definition) is 4. The minimum atomic E-state index is -0.420. The van der Waals surface area contributed by atoms with Gasteiger partial charge in [0.05, 0.1) is 24.3 Å². The van der Waals surface area contributed by atoms with E-state index in [4.69, 9.17) is 17.4 Å². The van der Waals surface area contributed by atoms with Crippen molar-refractivity contribution in [1.29, 1.82) is 0 Å². The minimum Gasteiger partial charge on any atom is -0.383 e. The van der Waals surface area contributed by atoms with Crippen molar-refractivity contribution in [2.24, 2.45) is 16.8 Å². The molecular weight excluding hydrogens is 432 g/mol. The van der Waals surface area contributed by atoms with Crippen molar-refractivity contribution in [3.63, 3.8) is 0 Å². The first-order valence-electron chi connectivity index (χ1n) is 9.43. The summed E-state index contributed by atoms with van der Waals surface area (Å²) >= 11 is 1.51. The lowest BCUT2D eigenvalue weighted by molar-refractivity contribution is 0.551. The smallest absolute Gasteiger partial charge is 0.177 e. The molecule has 0 amide bonds. The van der Waals surface area contributed by atoms with Crippen LogP contribution >= 0.6 is 11.9 Å². The molecular formula is C22H29F2N7S. The largest absolute Gasteiger partial charge is 0.383 e. The van der Waals surface area contributed by atoms with Gasteiger partial charge in [0.15, 0.2) is 5.84 Å². The number of nitrogens with zero attached hydrogens (tertiary/aromatic N) is 3. The fourth-order valence-electron chi connectivity index (χ4n) is 2.64. The molecule has 0 radical (unpaired) electrons. The molecule has 1 aromatic heterocycles. The molecule has 172 valence electrons. The van der Waals surface area contributed by atoms with Gasteiger partial charge in [-0.1, -0.05) is 36.2 Å². The predicted molar refractivity (Wildman–Crippen MR) is 133 cm³/mol. The molecule has 2 aromatic rings. The Balaban J connectivity index is 0.00000249. The van der Waals surface area contributed by atoms with Crippen molar-refractivity contribution in [1.82, 2.24) is 9.99 Å². The van der Waals surface area contributed by atoms with Gasteiger partial charge in [-0.25, -0.2) is 15.2 Å². The van der Waals surface area contributed by atoms with E-state index in [0.717, 1.165) is 16.8 Å². The molecule has 0 atom stereocenters. The first-order valence-corrected chi connectivity index (χ1v) is 10.7. The number of nitrogens with one attached hydrogen (secondary N) is 1. The monoisotopic (exact) mass is 461 g/mol. The molecule has 0 unspecified atom stereocenters. The molecule has 7 nitrogen and oxygen atoms in total. The molecule has 1 heterocycles. The van der Waals surface area contributed by atoms with E-state index in [9.17, 15) is 8.78 Å². The fraction of sp³-hybridized carbons (Fsp3) is 0.182. The number of amidine groups is 1. The molecule has 0 aliphatic heterocycles. The Morgan fingerprint density at radius 2 is 1.88 bits per heavy atom. The summed E-state index contributed by atoms with van der Waals surface area (Å²) in [6, 6.07) is 9.64. The number of halogens is 2. The number of hydrazone groups is 1. The van der Waals surface area contributed by atoms with E-state index in [-0.39, 0.29) is 11.7 Å². The van der Waals surface area contributed by atoms with Crippen LogP contribution < -0.4 is 22.1 Å². The lowest BCUT2D eigenvalue weighted by atomic mass is 10.0. The van der Waals surface area contributed by atoms with E-state index in [1.165, 1.54) is 30.0 Å². The zero-order chi connectivity index (χ0) is 24.1. The van der Waals surface area contributed by atoms with E-state index in [2.05, 4.69) is 14.8 Å². The second kappa shape index (κ2) is 13.8. The maximum absolute atomic E-state index is 13.6. The van der Waals surface area contributed by atoms with E-state index in [1.807, 2.05) is 37.4 Å². The number of rotatable bonds is 7. The summed E-state index contributed by atoms with van der Waals surface area (Å²) in [5.74, 6) is 11.8. The zero-order valence-electron chi connectivity index (χ0n) is 18.5. The average molecular weight is 462 g/mol. The predicted octanol–water partition coefficient (Wildman–Crippen LogP) is 4.74. The number of alkyl halides is 1. The van der Waals surface area contributed by atoms with Gasteiger partial charge in [-0.2, -0.15) is 5.10 Å². The summed E-state index contributed by atoms with van der Waals surface area (Å²) in [5, 5.41) is 4.97. The molecule has 0 saturated carbocycles. The Morgan fingerprint density at radius 1 is 1.22 bits per heavy atom. The molecule has 10 heteroatoms. The van der Waals surface area contributed by atoms with Gasteiger partial charge in [0.1, 0.15) is 5.82 Å². The number of anilines is 2. The van der Waals surface area contributed by atoms with Crippen LogP contribution in [-0.4, -0.2) is 29.3 Å². The molecule has 32 heavy (non-hydrogen) atoms. The lowest BCUT2D eigenvalue weighted by Crippen LogP contribution is -2.38. The maximum atomic E-state index is 13.6. The number of pyridine rings is 1. The minimum absolute atomic E-state index is 0.149. The van der Waals surface area contributed by atoms with Crippen molar-refractivity contribution >= 4 is 29.3 Å². The Hall–Kier alpha value is -3.37. The third-order valence-electron chi connectivity index (χ3n) is 4.03. The number of nitrogens with two attached hydrogens (primary N) is 3. The van der Waals surface area contributed by atoms with Crippen molar-refractivity contribution < 1.29 is 8.78 Å². The summed E-state index contributed by atoms with van der Waals surface area (Å²) in [5.41, 5.74) is 9.58. The molecule has 0 aliphatic carbocycles. The number of nitrogen functional groups attached to an aromatic ring is 1. The average Bonchev–Trinajstić information content (AvgIpc) is 2.80. The number of allylic oxidation sites excluding steroid dienone is 5. The first kappa shape index (κ1) is 26.7. The molecule has 0 fully saturated rings. The van der Waals surface area contributed by atoms with Crippen LogP contribution in [0.25, 0.3) is 11.1 Å². The number of hydrogen-bond acceptors (Lipinski definition) is 7. The Kier molecular flexibility index (Phi) is 11.5. The third-order valence-corrected chi connectivity index (χ3v) is 4.47. The second-order valence-corrected chi connectivity index (χ2v) is 6.82. The Labute approximate surface area is 191 Å². The van der Waals surface area contributed by atoms with Gasteiger partial charge in [-0.05, 0) is 49.8 Å². The van der Waals surface area contributed by atoms with Crippen molar-refractivity contribution in [3.05, 3.63) is 77.9 Å². The van der Waals surface area contributed by atoms with Crippen molar-refractivity contribution in [3.8, 4) is 11.1 Å². The van der Waals surface area contributed by atoms with Crippen LogP contribution in [0.3, 0.4) is 0 Å². The van der Waals surface area contributed by atoms with Gasteiger partial charge in [0, 0.05) is 23.7 Å². The van der Waals surface area contributed by atoms with Crippen LogP contribution in [0.5, 0.6) is 0 Å². The SMILES string of the molecule is CF.C\C=C/C=C(\C=C(/C)F)N(N)/C(=N\N)c1cc(-c2ccc(NSC)cc2)cnc1N. The first-order chi connectivity index (χ1) is 15.4. The van der Waals surface area contributed by atoms with Crippen LogP contribution in [0.15, 0.2) is 77.5 Å². The second-order valence-electron chi connectivity index (χ2n) is 6.21. The van der Waals surface area contributed by atoms with Crippen molar-refractivity contribution in [2.75, 3.05) is 23.9 Å².